The summed E-state index contributed by atoms with van der Waals surface area (Å²) in [5.74, 6) is 0.964. The first-order valence-corrected chi connectivity index (χ1v) is 5.84. The van der Waals surface area contributed by atoms with E-state index in [1.54, 1.807) is 0 Å². The summed E-state index contributed by atoms with van der Waals surface area (Å²) in [5, 5.41) is 3.53. The van der Waals surface area contributed by atoms with Gasteiger partial charge in [0.1, 0.15) is 0 Å². The van der Waals surface area contributed by atoms with Gasteiger partial charge in [0.2, 0.25) is 0 Å². The standard InChI is InChI=1S/C11H24N2/c12-8-4-5-9-13-10-11-6-2-1-3-7-11/h11,13H,1-10,12H2. The molecule has 0 spiro atoms. The van der Waals surface area contributed by atoms with Crippen LogP contribution in [0.2, 0.25) is 0 Å². The molecule has 1 fully saturated rings. The van der Waals surface area contributed by atoms with Gasteiger partial charge in [-0.2, -0.15) is 0 Å². The second-order valence-electron chi connectivity index (χ2n) is 4.20. The molecule has 1 aliphatic rings. The number of nitrogens with one attached hydrogen (secondary N) is 1. The summed E-state index contributed by atoms with van der Waals surface area (Å²) >= 11 is 0. The van der Waals surface area contributed by atoms with Gasteiger partial charge >= 0.3 is 0 Å². The second-order valence-corrected chi connectivity index (χ2v) is 4.20. The van der Waals surface area contributed by atoms with E-state index in [9.17, 15) is 0 Å². The lowest BCUT2D eigenvalue weighted by Crippen LogP contribution is -2.25. The van der Waals surface area contributed by atoms with Crippen molar-refractivity contribution in [3.8, 4) is 0 Å². The van der Waals surface area contributed by atoms with E-state index >= 15 is 0 Å². The maximum atomic E-state index is 5.43. The minimum Gasteiger partial charge on any atom is -0.330 e. The third-order valence-electron chi connectivity index (χ3n) is 2.97. The van der Waals surface area contributed by atoms with Gasteiger partial charge in [0.15, 0.2) is 0 Å². The van der Waals surface area contributed by atoms with Gasteiger partial charge in [-0.3, -0.25) is 0 Å². The van der Waals surface area contributed by atoms with Gasteiger partial charge in [0.05, 0.1) is 0 Å². The van der Waals surface area contributed by atoms with Gasteiger partial charge in [0.25, 0.3) is 0 Å². The molecule has 0 aliphatic heterocycles. The maximum absolute atomic E-state index is 5.43. The first-order chi connectivity index (χ1) is 6.43. The molecule has 0 unspecified atom stereocenters. The van der Waals surface area contributed by atoms with Crippen molar-refractivity contribution in [3.05, 3.63) is 0 Å². The van der Waals surface area contributed by atoms with Crippen LogP contribution in [0.15, 0.2) is 0 Å². The number of nitrogens with two attached hydrogens (primary N) is 1. The van der Waals surface area contributed by atoms with Crippen LogP contribution in [0.1, 0.15) is 44.9 Å². The SMILES string of the molecule is NCCCCNCC1CCCCC1. The predicted octanol–water partition coefficient (Wildman–Crippen LogP) is 1.90. The zero-order chi connectivity index (χ0) is 9.36. The molecular formula is C11H24N2. The lowest BCUT2D eigenvalue weighted by molar-refractivity contribution is 0.342. The van der Waals surface area contributed by atoms with Crippen molar-refractivity contribution in [2.24, 2.45) is 11.7 Å². The first kappa shape index (κ1) is 11.0. The van der Waals surface area contributed by atoms with E-state index in [0.29, 0.717) is 0 Å². The van der Waals surface area contributed by atoms with E-state index < -0.39 is 0 Å². The number of hydrogen-bond donors (Lipinski definition) is 2. The first-order valence-electron chi connectivity index (χ1n) is 5.84. The molecule has 0 amide bonds. The van der Waals surface area contributed by atoms with Crippen LogP contribution in [0.25, 0.3) is 0 Å². The Balaban J connectivity index is 1.86. The van der Waals surface area contributed by atoms with Crippen LogP contribution < -0.4 is 11.1 Å². The van der Waals surface area contributed by atoms with Crippen molar-refractivity contribution in [1.29, 1.82) is 0 Å². The zero-order valence-electron chi connectivity index (χ0n) is 8.73. The fraction of sp³-hybridized carbons (Fsp3) is 1.00. The maximum Gasteiger partial charge on any atom is -0.00205 e. The van der Waals surface area contributed by atoms with E-state index in [4.69, 9.17) is 5.73 Å². The smallest absolute Gasteiger partial charge is 0.00205 e. The zero-order valence-corrected chi connectivity index (χ0v) is 8.73. The van der Waals surface area contributed by atoms with Crippen LogP contribution in [0.4, 0.5) is 0 Å². The molecule has 0 saturated heterocycles. The number of rotatable bonds is 6. The van der Waals surface area contributed by atoms with Gasteiger partial charge in [0, 0.05) is 0 Å². The summed E-state index contributed by atoms with van der Waals surface area (Å²) in [5.41, 5.74) is 5.43. The number of hydrogen-bond acceptors (Lipinski definition) is 2. The molecule has 78 valence electrons. The summed E-state index contributed by atoms with van der Waals surface area (Å²) in [6.07, 6.45) is 9.67. The van der Waals surface area contributed by atoms with Crippen molar-refractivity contribution < 1.29 is 0 Å². The third kappa shape index (κ3) is 5.27. The quantitative estimate of drug-likeness (QED) is 0.619. The molecule has 0 heterocycles. The molecule has 1 rings (SSSR count). The van der Waals surface area contributed by atoms with Gasteiger partial charge in [-0.25, -0.2) is 0 Å². The Labute approximate surface area is 82.3 Å². The minimum atomic E-state index is 0.838. The molecule has 1 aliphatic carbocycles. The fourth-order valence-electron chi connectivity index (χ4n) is 2.09. The molecule has 13 heavy (non-hydrogen) atoms. The highest BCUT2D eigenvalue weighted by molar-refractivity contribution is 4.67. The molecule has 0 bridgehead atoms. The highest BCUT2D eigenvalue weighted by Gasteiger charge is 2.11. The molecule has 2 nitrogen and oxygen atoms in total. The van der Waals surface area contributed by atoms with Crippen LogP contribution >= 0.6 is 0 Å². The van der Waals surface area contributed by atoms with Crippen LogP contribution in [0.5, 0.6) is 0 Å². The van der Waals surface area contributed by atoms with Gasteiger partial charge < -0.3 is 11.1 Å². The van der Waals surface area contributed by atoms with E-state index in [1.807, 2.05) is 0 Å². The monoisotopic (exact) mass is 184 g/mol. The fourth-order valence-corrected chi connectivity index (χ4v) is 2.09. The van der Waals surface area contributed by atoms with Crippen molar-refractivity contribution >= 4 is 0 Å². The molecule has 0 atom stereocenters. The highest BCUT2D eigenvalue weighted by Crippen LogP contribution is 2.22. The van der Waals surface area contributed by atoms with Crippen LogP contribution in [-0.2, 0) is 0 Å². The molecule has 3 N–H and O–H groups in total. The van der Waals surface area contributed by atoms with Crippen LogP contribution in [-0.4, -0.2) is 19.6 Å². The Kier molecular flexibility index (Phi) is 6.21. The molecule has 2 heteroatoms. The normalized spacial score (nSPS) is 19.2. The van der Waals surface area contributed by atoms with Crippen molar-refractivity contribution in [2.45, 2.75) is 44.9 Å². The van der Waals surface area contributed by atoms with Crippen LogP contribution in [0.3, 0.4) is 0 Å². The van der Waals surface area contributed by atoms with Crippen molar-refractivity contribution in [1.82, 2.24) is 5.32 Å². The molecular weight excluding hydrogens is 160 g/mol. The largest absolute Gasteiger partial charge is 0.330 e. The average Bonchev–Trinajstić information content (AvgIpc) is 2.19. The number of unbranched alkanes of at least 4 members (excludes halogenated alkanes) is 1. The van der Waals surface area contributed by atoms with E-state index in [-0.39, 0.29) is 0 Å². The Bertz CT molecular complexity index is 109. The minimum absolute atomic E-state index is 0.838. The molecule has 0 radical (unpaired) electrons. The summed E-state index contributed by atoms with van der Waals surface area (Å²) < 4.78 is 0. The molecule has 1 saturated carbocycles. The van der Waals surface area contributed by atoms with Gasteiger partial charge in [-0.1, -0.05) is 19.3 Å². The Morgan fingerprint density at radius 3 is 2.54 bits per heavy atom. The molecule has 0 aromatic rings. The summed E-state index contributed by atoms with van der Waals surface area (Å²) in [6.45, 7) is 3.24. The lowest BCUT2D eigenvalue weighted by Gasteiger charge is -2.21. The highest BCUT2D eigenvalue weighted by atomic mass is 14.9. The predicted molar refractivity (Wildman–Crippen MR) is 57.7 cm³/mol. The van der Waals surface area contributed by atoms with E-state index in [1.165, 1.54) is 45.1 Å². The summed E-state index contributed by atoms with van der Waals surface area (Å²) in [7, 11) is 0. The van der Waals surface area contributed by atoms with Gasteiger partial charge in [-0.05, 0) is 51.2 Å². The van der Waals surface area contributed by atoms with E-state index in [2.05, 4.69) is 5.32 Å². The molecule has 0 aromatic carbocycles. The summed E-state index contributed by atoms with van der Waals surface area (Å²) in [6, 6.07) is 0. The third-order valence-corrected chi connectivity index (χ3v) is 2.97. The van der Waals surface area contributed by atoms with E-state index in [0.717, 1.165) is 25.4 Å². The average molecular weight is 184 g/mol. The topological polar surface area (TPSA) is 38.0 Å². The lowest BCUT2D eigenvalue weighted by atomic mass is 9.89. The van der Waals surface area contributed by atoms with Crippen molar-refractivity contribution in [2.75, 3.05) is 19.6 Å². The van der Waals surface area contributed by atoms with Gasteiger partial charge in [-0.15, -0.1) is 0 Å². The Morgan fingerprint density at radius 2 is 1.85 bits per heavy atom. The molecule has 0 aromatic heterocycles. The Hall–Kier alpha value is -0.0800. The Morgan fingerprint density at radius 1 is 1.08 bits per heavy atom. The summed E-state index contributed by atoms with van der Waals surface area (Å²) in [4.78, 5) is 0. The second kappa shape index (κ2) is 7.34. The van der Waals surface area contributed by atoms with Crippen molar-refractivity contribution in [3.63, 3.8) is 0 Å². The van der Waals surface area contributed by atoms with Crippen LogP contribution in [0, 0.1) is 5.92 Å².